The molecule has 3 rings (SSSR count). The highest BCUT2D eigenvalue weighted by atomic mass is 14.4. The zero-order valence-corrected chi connectivity index (χ0v) is 6.59. The SMILES string of the molecule is C1=CC2=CC3CC3C=C2CC1. The molecule has 0 N–H and O–H groups in total. The molecule has 0 heterocycles. The van der Waals surface area contributed by atoms with Gasteiger partial charge in [0.25, 0.3) is 0 Å². The summed E-state index contributed by atoms with van der Waals surface area (Å²) in [4.78, 5) is 0. The molecule has 1 fully saturated rings. The molecule has 0 radical (unpaired) electrons. The van der Waals surface area contributed by atoms with Crippen molar-refractivity contribution in [1.29, 1.82) is 0 Å². The van der Waals surface area contributed by atoms with Crippen LogP contribution in [-0.4, -0.2) is 0 Å². The molecule has 0 aromatic rings. The number of allylic oxidation sites excluding steroid dienone is 6. The van der Waals surface area contributed by atoms with Gasteiger partial charge in [0, 0.05) is 0 Å². The molecule has 3 aliphatic carbocycles. The monoisotopic (exact) mass is 144 g/mol. The van der Waals surface area contributed by atoms with Crippen LogP contribution < -0.4 is 0 Å². The summed E-state index contributed by atoms with van der Waals surface area (Å²) in [6, 6.07) is 0. The van der Waals surface area contributed by atoms with E-state index in [0.29, 0.717) is 0 Å². The standard InChI is InChI=1S/C11H12/c1-2-4-9-6-11-7-10(11)5-8(9)3-1/h1,3,5-6,10-11H,2,4,7H2. The third-order valence-corrected chi connectivity index (χ3v) is 2.95. The van der Waals surface area contributed by atoms with E-state index in [1.165, 1.54) is 24.8 Å². The lowest BCUT2D eigenvalue weighted by Gasteiger charge is -2.15. The maximum Gasteiger partial charge on any atom is -0.0155 e. The molecule has 0 saturated heterocycles. The zero-order valence-electron chi connectivity index (χ0n) is 6.59. The van der Waals surface area contributed by atoms with Gasteiger partial charge < -0.3 is 0 Å². The van der Waals surface area contributed by atoms with Crippen LogP contribution in [0.25, 0.3) is 0 Å². The topological polar surface area (TPSA) is 0 Å². The fraction of sp³-hybridized carbons (Fsp3) is 0.455. The Bertz CT molecular complexity index is 278. The van der Waals surface area contributed by atoms with Crippen LogP contribution >= 0.6 is 0 Å². The van der Waals surface area contributed by atoms with Gasteiger partial charge in [-0.2, -0.15) is 0 Å². The van der Waals surface area contributed by atoms with Crippen molar-refractivity contribution in [2.75, 3.05) is 0 Å². The Morgan fingerprint density at radius 1 is 1.18 bits per heavy atom. The molecule has 0 amide bonds. The summed E-state index contributed by atoms with van der Waals surface area (Å²) < 4.78 is 0. The summed E-state index contributed by atoms with van der Waals surface area (Å²) in [7, 11) is 0. The van der Waals surface area contributed by atoms with Crippen molar-refractivity contribution >= 4 is 0 Å². The number of fused-ring (bicyclic) bond motifs is 2. The maximum atomic E-state index is 2.50. The van der Waals surface area contributed by atoms with Gasteiger partial charge >= 0.3 is 0 Å². The molecular weight excluding hydrogens is 132 g/mol. The Morgan fingerprint density at radius 3 is 3.09 bits per heavy atom. The van der Waals surface area contributed by atoms with Crippen LogP contribution in [0.2, 0.25) is 0 Å². The minimum atomic E-state index is 0.913. The second kappa shape index (κ2) is 1.88. The van der Waals surface area contributed by atoms with Crippen molar-refractivity contribution in [3.05, 3.63) is 35.5 Å². The van der Waals surface area contributed by atoms with Crippen molar-refractivity contribution < 1.29 is 0 Å². The van der Waals surface area contributed by atoms with E-state index in [2.05, 4.69) is 24.3 Å². The Hall–Kier alpha value is -0.780. The molecule has 0 bridgehead atoms. The lowest BCUT2D eigenvalue weighted by Crippen LogP contribution is -1.98. The van der Waals surface area contributed by atoms with Crippen molar-refractivity contribution in [2.24, 2.45) is 11.8 Å². The third-order valence-electron chi connectivity index (χ3n) is 2.95. The van der Waals surface area contributed by atoms with Gasteiger partial charge in [0.2, 0.25) is 0 Å². The summed E-state index contributed by atoms with van der Waals surface area (Å²) in [5, 5.41) is 0. The fourth-order valence-corrected chi connectivity index (χ4v) is 2.15. The highest BCUT2D eigenvalue weighted by molar-refractivity contribution is 5.47. The molecule has 1 saturated carbocycles. The van der Waals surface area contributed by atoms with Crippen LogP contribution in [0.1, 0.15) is 19.3 Å². The largest absolute Gasteiger partial charge is 0.0836 e. The minimum Gasteiger partial charge on any atom is -0.0836 e. The van der Waals surface area contributed by atoms with Gasteiger partial charge in [0.1, 0.15) is 0 Å². The van der Waals surface area contributed by atoms with Gasteiger partial charge in [0.15, 0.2) is 0 Å². The van der Waals surface area contributed by atoms with Crippen LogP contribution in [-0.2, 0) is 0 Å². The summed E-state index contributed by atoms with van der Waals surface area (Å²) >= 11 is 0. The maximum absolute atomic E-state index is 2.50. The summed E-state index contributed by atoms with van der Waals surface area (Å²) in [5.74, 6) is 1.84. The van der Waals surface area contributed by atoms with E-state index in [-0.39, 0.29) is 0 Å². The van der Waals surface area contributed by atoms with E-state index >= 15 is 0 Å². The molecule has 0 aromatic carbocycles. The van der Waals surface area contributed by atoms with Gasteiger partial charge in [-0.25, -0.2) is 0 Å². The average Bonchev–Trinajstić information content (AvgIpc) is 2.77. The summed E-state index contributed by atoms with van der Waals surface area (Å²) in [5.41, 5.74) is 3.14. The van der Waals surface area contributed by atoms with Crippen molar-refractivity contribution in [1.82, 2.24) is 0 Å². The first kappa shape index (κ1) is 5.82. The molecule has 2 unspecified atom stereocenters. The van der Waals surface area contributed by atoms with Crippen LogP contribution in [0.15, 0.2) is 35.5 Å². The predicted molar refractivity (Wildman–Crippen MR) is 46.1 cm³/mol. The van der Waals surface area contributed by atoms with E-state index in [9.17, 15) is 0 Å². The molecule has 2 atom stereocenters. The summed E-state index contributed by atoms with van der Waals surface area (Å²) in [6.07, 6.45) is 13.5. The molecule has 0 nitrogen and oxygen atoms in total. The first-order chi connectivity index (χ1) is 5.43. The van der Waals surface area contributed by atoms with Crippen molar-refractivity contribution in [3.63, 3.8) is 0 Å². The van der Waals surface area contributed by atoms with Crippen molar-refractivity contribution in [3.8, 4) is 0 Å². The Kier molecular flexibility index (Phi) is 0.993. The molecule has 56 valence electrons. The predicted octanol–water partition coefficient (Wildman–Crippen LogP) is 2.84. The van der Waals surface area contributed by atoms with Gasteiger partial charge in [-0.1, -0.05) is 24.3 Å². The van der Waals surface area contributed by atoms with Crippen LogP contribution in [0.4, 0.5) is 0 Å². The summed E-state index contributed by atoms with van der Waals surface area (Å²) in [6.45, 7) is 0. The van der Waals surface area contributed by atoms with Gasteiger partial charge in [-0.05, 0) is 42.2 Å². The first-order valence-electron chi connectivity index (χ1n) is 4.53. The minimum absolute atomic E-state index is 0.913. The number of hydrogen-bond donors (Lipinski definition) is 0. The number of hydrogen-bond acceptors (Lipinski definition) is 0. The second-order valence-corrected chi connectivity index (χ2v) is 3.82. The van der Waals surface area contributed by atoms with Gasteiger partial charge in [-0.3, -0.25) is 0 Å². The molecule has 3 aliphatic rings. The van der Waals surface area contributed by atoms with E-state index in [1.807, 2.05) is 0 Å². The Morgan fingerprint density at radius 2 is 2.09 bits per heavy atom. The lowest BCUT2D eigenvalue weighted by atomic mass is 9.90. The average molecular weight is 144 g/mol. The smallest absolute Gasteiger partial charge is 0.0155 e. The molecule has 0 spiro atoms. The van der Waals surface area contributed by atoms with Crippen LogP contribution in [0.5, 0.6) is 0 Å². The molecular formula is C11H12. The van der Waals surface area contributed by atoms with E-state index in [1.54, 1.807) is 5.57 Å². The van der Waals surface area contributed by atoms with Crippen LogP contribution in [0.3, 0.4) is 0 Å². The Labute approximate surface area is 67.3 Å². The second-order valence-electron chi connectivity index (χ2n) is 3.82. The van der Waals surface area contributed by atoms with E-state index < -0.39 is 0 Å². The third kappa shape index (κ3) is 0.819. The quantitative estimate of drug-likeness (QED) is 0.490. The van der Waals surface area contributed by atoms with Crippen molar-refractivity contribution in [2.45, 2.75) is 19.3 Å². The highest BCUT2D eigenvalue weighted by Crippen LogP contribution is 2.47. The number of rotatable bonds is 0. The highest BCUT2D eigenvalue weighted by Gasteiger charge is 2.36. The molecule has 11 heavy (non-hydrogen) atoms. The van der Waals surface area contributed by atoms with E-state index in [4.69, 9.17) is 0 Å². The Balaban J connectivity index is 2.06. The van der Waals surface area contributed by atoms with Gasteiger partial charge in [-0.15, -0.1) is 0 Å². The first-order valence-corrected chi connectivity index (χ1v) is 4.53. The molecule has 0 aromatic heterocycles. The van der Waals surface area contributed by atoms with E-state index in [0.717, 1.165) is 11.8 Å². The van der Waals surface area contributed by atoms with Crippen LogP contribution in [0, 0.1) is 11.8 Å². The lowest BCUT2D eigenvalue weighted by molar-refractivity contribution is 0.882. The normalized spacial score (nSPS) is 38.5. The fourth-order valence-electron chi connectivity index (χ4n) is 2.15. The zero-order chi connectivity index (χ0) is 7.26. The molecule has 0 aliphatic heterocycles. The molecule has 0 heteroatoms. The van der Waals surface area contributed by atoms with Gasteiger partial charge in [0.05, 0.1) is 0 Å².